The number of hydrogen-bond donors (Lipinski definition) is 1. The molecule has 0 spiro atoms. The fraction of sp³-hybridized carbons (Fsp3) is 0.339. The molecule has 2 aliphatic heterocycles. The van der Waals surface area contributed by atoms with Crippen LogP contribution in [0.3, 0.4) is 0 Å². The lowest BCUT2D eigenvalue weighted by molar-refractivity contribution is -0.137. The van der Waals surface area contributed by atoms with E-state index in [1.165, 1.54) is 65.6 Å². The van der Waals surface area contributed by atoms with Gasteiger partial charge in [0, 0.05) is 43.2 Å². The van der Waals surface area contributed by atoms with Gasteiger partial charge in [-0.1, -0.05) is 93.6 Å². The summed E-state index contributed by atoms with van der Waals surface area (Å²) in [5.74, 6) is -2.58. The lowest BCUT2D eigenvalue weighted by Gasteiger charge is -2.20. The monoisotopic (exact) mass is 978 g/mol. The van der Waals surface area contributed by atoms with Gasteiger partial charge in [-0.05, 0) is 122 Å². The summed E-state index contributed by atoms with van der Waals surface area (Å²) in [6, 6.07) is 35.8. The molecule has 0 unspecified atom stereocenters. The maximum absolute atomic E-state index is 13.0. The number of rotatable bonds is 19. The van der Waals surface area contributed by atoms with Crippen molar-refractivity contribution in [1.29, 1.82) is 0 Å². The Labute approximate surface area is 412 Å². The average Bonchev–Trinajstić information content (AvgIpc) is 3.93. The van der Waals surface area contributed by atoms with Crippen molar-refractivity contribution >= 4 is 41.5 Å². The van der Waals surface area contributed by atoms with Crippen molar-refractivity contribution in [2.24, 2.45) is 0 Å². The fourth-order valence-corrected chi connectivity index (χ4v) is 7.72. The number of Topliss-reactive ketones (excluding diaryl/α,β-unsaturated/α-hetero) is 2. The second-order valence-corrected chi connectivity index (χ2v) is 16.7. The first-order chi connectivity index (χ1) is 34.2. The molecule has 71 heavy (non-hydrogen) atoms. The Morgan fingerprint density at radius 1 is 0.535 bits per heavy atom. The number of ketones is 2. The normalized spacial score (nSPS) is 15.1. The molecule has 5 aromatic carbocycles. The number of ether oxygens (including phenoxy) is 2. The van der Waals surface area contributed by atoms with E-state index in [-0.39, 0.29) is 86.1 Å². The number of aliphatic carboxylic acids is 1. The first kappa shape index (κ1) is 56.2. The Kier molecular flexibility index (Phi) is 23.4. The van der Waals surface area contributed by atoms with Gasteiger partial charge in [-0.3, -0.25) is 24.0 Å². The predicted molar refractivity (Wildman–Crippen MR) is 261 cm³/mol. The highest BCUT2D eigenvalue weighted by Gasteiger charge is 2.38. The van der Waals surface area contributed by atoms with Crippen LogP contribution >= 0.6 is 0 Å². The minimum absolute atomic E-state index is 0.0209. The first-order valence-corrected chi connectivity index (χ1v) is 23.8. The summed E-state index contributed by atoms with van der Waals surface area (Å²) in [7, 11) is 0. The Bertz CT molecular complexity index is 2490. The van der Waals surface area contributed by atoms with Crippen LogP contribution in [0.1, 0.15) is 122 Å². The number of carbonyl (C=O) groups is 7. The zero-order chi connectivity index (χ0) is 51.7. The number of carboxylic acids is 1. The zero-order valence-corrected chi connectivity index (χ0v) is 40.3. The summed E-state index contributed by atoms with van der Waals surface area (Å²) >= 11 is 0. The molecule has 3 atom stereocenters. The second-order valence-electron chi connectivity index (χ2n) is 16.7. The van der Waals surface area contributed by atoms with Gasteiger partial charge < -0.3 is 14.6 Å². The Morgan fingerprint density at radius 3 is 1.30 bits per heavy atom. The summed E-state index contributed by atoms with van der Waals surface area (Å²) in [5, 5.41) is 8.37. The lowest BCUT2D eigenvalue weighted by atomic mass is 9.95. The molecule has 2 fully saturated rings. The van der Waals surface area contributed by atoms with E-state index in [2.05, 4.69) is 6.92 Å². The first-order valence-electron chi connectivity index (χ1n) is 23.8. The minimum Gasteiger partial charge on any atom is -0.481 e. The van der Waals surface area contributed by atoms with Crippen molar-refractivity contribution in [3.8, 4) is 0 Å². The zero-order valence-electron chi connectivity index (χ0n) is 40.3. The number of benzene rings is 5. The maximum atomic E-state index is 13.0. The van der Waals surface area contributed by atoms with Gasteiger partial charge in [0.05, 0.1) is 12.1 Å². The van der Waals surface area contributed by atoms with Gasteiger partial charge in [-0.2, -0.15) is 0 Å². The van der Waals surface area contributed by atoms with Gasteiger partial charge in [-0.25, -0.2) is 32.6 Å². The third-order valence-electron chi connectivity index (χ3n) is 11.5. The van der Waals surface area contributed by atoms with Crippen LogP contribution in [-0.2, 0) is 36.7 Å². The highest BCUT2D eigenvalue weighted by atomic mass is 19.1. The number of carboxylic acid groups (broad SMARTS) is 1. The van der Waals surface area contributed by atoms with Crippen molar-refractivity contribution in [3.63, 3.8) is 0 Å². The number of hydrogen-bond acceptors (Lipinski definition) is 9. The van der Waals surface area contributed by atoms with Gasteiger partial charge >= 0.3 is 18.2 Å². The third-order valence-corrected chi connectivity index (χ3v) is 11.5. The van der Waals surface area contributed by atoms with Gasteiger partial charge in [0.1, 0.15) is 30.7 Å². The number of halogens is 3. The second kappa shape index (κ2) is 29.6. The number of cyclic esters (lactones) is 2. The predicted octanol–water partition coefficient (Wildman–Crippen LogP) is 11.7. The molecule has 376 valence electrons. The summed E-state index contributed by atoms with van der Waals surface area (Å²) in [6.45, 7) is 6.47. The highest BCUT2D eigenvalue weighted by molar-refractivity contribution is 5.97. The molecule has 0 saturated carbocycles. The van der Waals surface area contributed by atoms with Gasteiger partial charge in [0.25, 0.3) is 0 Å². The highest BCUT2D eigenvalue weighted by Crippen LogP contribution is 2.25. The van der Waals surface area contributed by atoms with Crippen LogP contribution in [0, 0.1) is 17.5 Å². The molecule has 12 nitrogen and oxygen atoms in total. The minimum atomic E-state index is -0.915. The summed E-state index contributed by atoms with van der Waals surface area (Å²) in [6.07, 6.45) is 2.73. The molecule has 4 amide bonds. The van der Waals surface area contributed by atoms with Crippen molar-refractivity contribution in [2.75, 3.05) is 13.2 Å². The molecular formula is C56H61F3N2O10. The largest absolute Gasteiger partial charge is 0.481 e. The van der Waals surface area contributed by atoms with E-state index < -0.39 is 29.8 Å². The Hall–Kier alpha value is -7.42. The molecule has 0 aliphatic carbocycles. The molecule has 15 heteroatoms. The van der Waals surface area contributed by atoms with E-state index >= 15 is 0 Å². The molecular weight excluding hydrogens is 918 g/mol. The third kappa shape index (κ3) is 18.8. The van der Waals surface area contributed by atoms with Crippen LogP contribution < -0.4 is 0 Å². The molecule has 2 aliphatic rings. The quantitative estimate of drug-likeness (QED) is 0.0787. The van der Waals surface area contributed by atoms with Crippen LogP contribution in [0.25, 0.3) is 0 Å². The van der Waals surface area contributed by atoms with Gasteiger partial charge in [0.15, 0.2) is 11.6 Å². The fourth-order valence-electron chi connectivity index (χ4n) is 7.72. The van der Waals surface area contributed by atoms with Crippen LogP contribution in [0.4, 0.5) is 22.8 Å². The summed E-state index contributed by atoms with van der Waals surface area (Å²) < 4.78 is 48.6. The standard InChI is InChI=1S/C22H24FNO3.C21H20FNO4.C11H11FO3.C2H6/c1-16(18-10-12-19(23)13-11-18)6-5-9-21(25)24-20(15-27-22(24)26)14-17-7-3-2-4-8-17;22-17-11-9-16(10-12-17)19(24)7-4-8-20(25)23-18(14-27-21(23)26)13-15-5-2-1-3-6-15;12-9-6-4-8(5-7-9)10(13)2-1-3-11(14)15;1-2/h2-4,7-8,10-13,16,20H,5-6,9,14-15H2,1H3;1-3,5-6,9-12,18H,4,7-8,13-14H2;4-7H,1-3H2,(H,14,15);1-2H3/t16-,20-;18-;;/m00../s1. The van der Waals surface area contributed by atoms with Crippen LogP contribution in [0.5, 0.6) is 0 Å². The molecule has 2 heterocycles. The Balaban J connectivity index is 0.000000237. The molecule has 7 rings (SSSR count). The molecule has 0 bridgehead atoms. The summed E-state index contributed by atoms with van der Waals surface area (Å²) in [4.78, 5) is 85.2. The van der Waals surface area contributed by atoms with Crippen LogP contribution in [0.2, 0.25) is 0 Å². The van der Waals surface area contributed by atoms with Gasteiger partial charge in [0.2, 0.25) is 11.8 Å². The van der Waals surface area contributed by atoms with E-state index in [9.17, 15) is 46.7 Å². The summed E-state index contributed by atoms with van der Waals surface area (Å²) in [5.41, 5.74) is 3.97. The SMILES string of the molecule is CC.C[C@@H](CCCC(=O)N1C(=O)OC[C@@H]1Cc1ccccc1)c1ccc(F)cc1.O=C(CCCC(=O)N1C(=O)OC[C@@H]1Cc1ccccc1)c1ccc(F)cc1.O=C(O)CCCC(=O)c1ccc(F)cc1. The van der Waals surface area contributed by atoms with E-state index in [4.69, 9.17) is 14.6 Å². The van der Waals surface area contributed by atoms with E-state index in [0.717, 1.165) is 28.0 Å². The average molecular weight is 979 g/mol. The van der Waals surface area contributed by atoms with Crippen molar-refractivity contribution in [1.82, 2.24) is 9.80 Å². The molecule has 1 N–H and O–H groups in total. The number of nitrogens with zero attached hydrogens (tertiary/aromatic N) is 2. The molecule has 0 aromatic heterocycles. The van der Waals surface area contributed by atoms with Crippen LogP contribution in [0.15, 0.2) is 133 Å². The van der Waals surface area contributed by atoms with Crippen molar-refractivity contribution in [3.05, 3.63) is 179 Å². The van der Waals surface area contributed by atoms with Gasteiger partial charge in [-0.15, -0.1) is 0 Å². The van der Waals surface area contributed by atoms with E-state index in [0.29, 0.717) is 49.7 Å². The smallest absolute Gasteiger partial charge is 0.416 e. The van der Waals surface area contributed by atoms with Crippen molar-refractivity contribution < 1.29 is 61.3 Å². The Morgan fingerprint density at radius 2 is 0.901 bits per heavy atom. The maximum Gasteiger partial charge on any atom is 0.416 e. The number of imide groups is 2. The number of carbonyl (C=O) groups excluding carboxylic acids is 6. The van der Waals surface area contributed by atoms with E-state index in [1.54, 1.807) is 12.1 Å². The lowest BCUT2D eigenvalue weighted by Crippen LogP contribution is -2.40. The molecule has 5 aromatic rings. The van der Waals surface area contributed by atoms with Crippen molar-refractivity contribution in [2.45, 2.75) is 109 Å². The molecule has 0 radical (unpaired) electrons. The number of amides is 4. The topological polar surface area (TPSA) is 165 Å². The molecule has 2 saturated heterocycles. The van der Waals surface area contributed by atoms with Crippen LogP contribution in [-0.4, -0.2) is 81.7 Å². The van der Waals surface area contributed by atoms with E-state index in [1.807, 2.05) is 74.5 Å².